The molecule has 0 bridgehead atoms. The van der Waals surface area contributed by atoms with Gasteiger partial charge in [-0.15, -0.1) is 23.7 Å². The lowest BCUT2D eigenvalue weighted by Crippen LogP contribution is -2.32. The maximum Gasteiger partial charge on any atom is 0.222 e. The van der Waals surface area contributed by atoms with E-state index in [1.807, 2.05) is 18.0 Å². The van der Waals surface area contributed by atoms with Crippen molar-refractivity contribution in [2.24, 2.45) is 11.7 Å². The Balaban J connectivity index is 0.00000180. The molecule has 1 aliphatic rings. The molecule has 1 amide bonds. The highest BCUT2D eigenvalue weighted by Gasteiger charge is 2.27. The van der Waals surface area contributed by atoms with Gasteiger partial charge in [-0.3, -0.25) is 4.79 Å². The number of rotatable bonds is 4. The van der Waals surface area contributed by atoms with Crippen molar-refractivity contribution in [2.45, 2.75) is 38.3 Å². The maximum absolute atomic E-state index is 12.1. The second kappa shape index (κ2) is 7.62. The van der Waals surface area contributed by atoms with E-state index >= 15 is 0 Å². The number of thiophene rings is 1. The zero-order valence-electron chi connectivity index (χ0n) is 11.0. The summed E-state index contributed by atoms with van der Waals surface area (Å²) in [6.45, 7) is 0.692. The summed E-state index contributed by atoms with van der Waals surface area (Å²) >= 11 is 5.11. The minimum Gasteiger partial charge on any atom is -0.341 e. The van der Waals surface area contributed by atoms with Crippen LogP contribution in [0.3, 0.4) is 0 Å². The van der Waals surface area contributed by atoms with Crippen molar-refractivity contribution in [3.05, 3.63) is 20.8 Å². The fraction of sp³-hybridized carbons (Fsp3) is 0.615. The van der Waals surface area contributed by atoms with E-state index < -0.39 is 0 Å². The zero-order valence-corrected chi connectivity index (χ0v) is 14.2. The van der Waals surface area contributed by atoms with Gasteiger partial charge in [0.2, 0.25) is 5.91 Å². The number of carbonyl (C=O) groups is 1. The predicted molar refractivity (Wildman–Crippen MR) is 85.7 cm³/mol. The lowest BCUT2D eigenvalue weighted by molar-refractivity contribution is -0.131. The van der Waals surface area contributed by atoms with Crippen LogP contribution >= 0.6 is 39.7 Å². The monoisotopic (exact) mass is 366 g/mol. The molecule has 0 radical (unpaired) electrons. The maximum atomic E-state index is 12.1. The number of nitrogens with zero attached hydrogens (tertiary/aromatic N) is 1. The van der Waals surface area contributed by atoms with E-state index in [2.05, 4.69) is 22.0 Å². The van der Waals surface area contributed by atoms with E-state index in [0.717, 1.165) is 16.6 Å². The van der Waals surface area contributed by atoms with Crippen LogP contribution in [-0.2, 0) is 11.3 Å². The lowest BCUT2D eigenvalue weighted by Gasteiger charge is -2.20. The molecule has 0 saturated heterocycles. The first-order valence-electron chi connectivity index (χ1n) is 6.30. The second-order valence-electron chi connectivity index (χ2n) is 5.01. The largest absolute Gasteiger partial charge is 0.341 e. The molecule has 0 aromatic carbocycles. The van der Waals surface area contributed by atoms with Crippen LogP contribution in [0.1, 0.15) is 30.6 Å². The van der Waals surface area contributed by atoms with Crippen LogP contribution in [0.15, 0.2) is 15.9 Å². The van der Waals surface area contributed by atoms with Crippen molar-refractivity contribution in [1.29, 1.82) is 0 Å². The van der Waals surface area contributed by atoms with Gasteiger partial charge in [0.15, 0.2) is 0 Å². The quantitative estimate of drug-likeness (QED) is 0.886. The Kier molecular flexibility index (Phi) is 6.80. The Bertz CT molecular complexity index is 427. The van der Waals surface area contributed by atoms with Gasteiger partial charge >= 0.3 is 0 Å². The predicted octanol–water partition coefficient (Wildman–Crippen LogP) is 3.41. The third-order valence-electron chi connectivity index (χ3n) is 3.60. The summed E-state index contributed by atoms with van der Waals surface area (Å²) in [4.78, 5) is 15.1. The molecule has 2 N–H and O–H groups in total. The van der Waals surface area contributed by atoms with Crippen molar-refractivity contribution < 1.29 is 4.79 Å². The van der Waals surface area contributed by atoms with Crippen molar-refractivity contribution in [1.82, 2.24) is 4.90 Å². The van der Waals surface area contributed by atoms with Gasteiger partial charge in [-0.2, -0.15) is 0 Å². The first kappa shape index (κ1) is 17.0. The Morgan fingerprint density at radius 2 is 2.26 bits per heavy atom. The van der Waals surface area contributed by atoms with Crippen molar-refractivity contribution in [2.75, 3.05) is 7.05 Å². The van der Waals surface area contributed by atoms with E-state index in [4.69, 9.17) is 5.73 Å². The molecule has 1 heterocycles. The van der Waals surface area contributed by atoms with Crippen molar-refractivity contribution >= 4 is 45.6 Å². The fourth-order valence-corrected chi connectivity index (χ4v) is 3.99. The molecular formula is C13H20BrClN2OS. The number of hydrogen-bond acceptors (Lipinski definition) is 3. The second-order valence-corrected chi connectivity index (χ2v) is 7.56. The SMILES string of the molecule is CN(Cc1ccc(Br)s1)C(=O)C[C@@H]1CCC[C@H]1N.Cl. The van der Waals surface area contributed by atoms with Gasteiger partial charge in [0.05, 0.1) is 10.3 Å². The molecule has 19 heavy (non-hydrogen) atoms. The normalized spacial score (nSPS) is 22.1. The highest BCUT2D eigenvalue weighted by molar-refractivity contribution is 9.11. The van der Waals surface area contributed by atoms with Crippen LogP contribution in [0.4, 0.5) is 0 Å². The zero-order chi connectivity index (χ0) is 13.1. The molecule has 1 aromatic rings. The molecule has 1 fully saturated rings. The molecular weight excluding hydrogens is 348 g/mol. The smallest absolute Gasteiger partial charge is 0.222 e. The number of carbonyl (C=O) groups excluding carboxylic acids is 1. The Morgan fingerprint density at radius 3 is 2.79 bits per heavy atom. The molecule has 2 atom stereocenters. The minimum absolute atomic E-state index is 0. The van der Waals surface area contributed by atoms with Crippen LogP contribution in [0.25, 0.3) is 0 Å². The van der Waals surface area contributed by atoms with Crippen LogP contribution < -0.4 is 5.73 Å². The molecule has 0 unspecified atom stereocenters. The molecule has 0 aliphatic heterocycles. The topological polar surface area (TPSA) is 46.3 Å². The van der Waals surface area contributed by atoms with E-state index in [9.17, 15) is 4.79 Å². The lowest BCUT2D eigenvalue weighted by atomic mass is 9.99. The van der Waals surface area contributed by atoms with Crippen LogP contribution in [0, 0.1) is 5.92 Å². The molecule has 6 heteroatoms. The first-order valence-corrected chi connectivity index (χ1v) is 7.91. The number of nitrogens with two attached hydrogens (primary N) is 1. The van der Waals surface area contributed by atoms with Gasteiger partial charge in [0.1, 0.15) is 0 Å². The molecule has 1 saturated carbocycles. The van der Waals surface area contributed by atoms with Crippen LogP contribution in [0.2, 0.25) is 0 Å². The first-order chi connectivity index (χ1) is 8.56. The van der Waals surface area contributed by atoms with Gasteiger partial charge in [0, 0.05) is 24.4 Å². The standard InChI is InChI=1S/C13H19BrN2OS.ClH/c1-16(8-10-5-6-12(14)18-10)13(17)7-9-3-2-4-11(9)15;/h5-6,9,11H,2-4,7-8,15H2,1H3;1H/t9-,11+;/m0./s1. The highest BCUT2D eigenvalue weighted by atomic mass is 79.9. The van der Waals surface area contributed by atoms with Crippen molar-refractivity contribution in [3.8, 4) is 0 Å². The molecule has 1 aliphatic carbocycles. The molecule has 3 nitrogen and oxygen atoms in total. The third kappa shape index (κ3) is 4.74. The Morgan fingerprint density at radius 1 is 1.53 bits per heavy atom. The van der Waals surface area contributed by atoms with E-state index in [-0.39, 0.29) is 24.4 Å². The van der Waals surface area contributed by atoms with Gasteiger partial charge in [-0.05, 0) is 46.8 Å². The third-order valence-corrected chi connectivity index (χ3v) is 5.21. The summed E-state index contributed by atoms with van der Waals surface area (Å²) in [5.41, 5.74) is 6.01. The summed E-state index contributed by atoms with van der Waals surface area (Å²) < 4.78 is 1.11. The van der Waals surface area contributed by atoms with Crippen LogP contribution in [0.5, 0.6) is 0 Å². The molecule has 2 rings (SSSR count). The summed E-state index contributed by atoms with van der Waals surface area (Å²) in [6, 6.07) is 4.30. The molecule has 1 aromatic heterocycles. The van der Waals surface area contributed by atoms with E-state index in [0.29, 0.717) is 18.9 Å². The highest BCUT2D eigenvalue weighted by Crippen LogP contribution is 2.28. The Hall–Kier alpha value is -0.100. The summed E-state index contributed by atoms with van der Waals surface area (Å²) in [7, 11) is 1.87. The fourth-order valence-electron chi connectivity index (χ4n) is 2.46. The average Bonchev–Trinajstić information content (AvgIpc) is 2.89. The van der Waals surface area contributed by atoms with E-state index in [1.54, 1.807) is 11.3 Å². The van der Waals surface area contributed by atoms with Gasteiger partial charge in [0.25, 0.3) is 0 Å². The number of halogens is 2. The number of amides is 1. The van der Waals surface area contributed by atoms with E-state index in [1.165, 1.54) is 11.3 Å². The van der Waals surface area contributed by atoms with Crippen molar-refractivity contribution in [3.63, 3.8) is 0 Å². The average molecular weight is 368 g/mol. The summed E-state index contributed by atoms with van der Waals surface area (Å²) in [5, 5.41) is 0. The Labute approximate surface area is 133 Å². The van der Waals surface area contributed by atoms with Crippen LogP contribution in [-0.4, -0.2) is 23.9 Å². The van der Waals surface area contributed by atoms with Gasteiger partial charge < -0.3 is 10.6 Å². The summed E-state index contributed by atoms with van der Waals surface area (Å²) in [6.07, 6.45) is 3.94. The summed E-state index contributed by atoms with van der Waals surface area (Å²) in [5.74, 6) is 0.594. The van der Waals surface area contributed by atoms with Gasteiger partial charge in [-0.1, -0.05) is 6.42 Å². The van der Waals surface area contributed by atoms with Gasteiger partial charge in [-0.25, -0.2) is 0 Å². The minimum atomic E-state index is 0. The number of hydrogen-bond donors (Lipinski definition) is 1. The molecule has 108 valence electrons. The molecule has 0 spiro atoms.